The first-order valence-electron chi connectivity index (χ1n) is 24.4. The van der Waals surface area contributed by atoms with Crippen molar-refractivity contribution in [2.45, 2.75) is 130 Å². The fourth-order valence-corrected chi connectivity index (χ4v) is 10.5. The lowest BCUT2D eigenvalue weighted by atomic mass is 9.91. The van der Waals surface area contributed by atoms with Crippen LogP contribution in [-0.2, 0) is 35.0 Å². The number of likely N-dealkylation sites (N-methyl/N-ethyl adjacent to an activating group) is 1. The number of thiazole rings is 1. The monoisotopic (exact) mass is 974 g/mol. The van der Waals surface area contributed by atoms with E-state index in [2.05, 4.69) is 72.8 Å². The highest BCUT2D eigenvalue weighted by molar-refractivity contribution is 7.98. The molecule has 3 aromatic carbocycles. The van der Waals surface area contributed by atoms with Crippen LogP contribution in [0, 0.1) is 11.8 Å². The lowest BCUT2D eigenvalue weighted by Gasteiger charge is -2.39. The number of hydrogen-bond donors (Lipinski definition) is 2. The fourth-order valence-electron chi connectivity index (χ4n) is 9.20. The van der Waals surface area contributed by atoms with Gasteiger partial charge in [0.05, 0.1) is 36.3 Å². The van der Waals surface area contributed by atoms with Gasteiger partial charge in [-0.05, 0) is 65.7 Å². The Balaban J connectivity index is 0.000000344. The third-order valence-corrected chi connectivity index (χ3v) is 14.3. The van der Waals surface area contributed by atoms with Crippen molar-refractivity contribution < 1.29 is 33.4 Å². The van der Waals surface area contributed by atoms with Crippen LogP contribution in [0.25, 0.3) is 11.1 Å². The van der Waals surface area contributed by atoms with Gasteiger partial charge in [-0.25, -0.2) is 9.78 Å². The second-order valence-corrected chi connectivity index (χ2v) is 18.5. The third kappa shape index (κ3) is 15.4. The summed E-state index contributed by atoms with van der Waals surface area (Å²) in [6, 6.07) is 25.5. The van der Waals surface area contributed by atoms with E-state index in [1.807, 2.05) is 95.8 Å². The van der Waals surface area contributed by atoms with Crippen molar-refractivity contribution in [2.24, 2.45) is 11.8 Å². The number of carbonyl (C=O) groups is 4. The van der Waals surface area contributed by atoms with Crippen molar-refractivity contribution in [1.82, 2.24) is 25.4 Å². The number of nitrogens with zero attached hydrogens (tertiary/aromatic N) is 3. The van der Waals surface area contributed by atoms with Gasteiger partial charge in [0, 0.05) is 51.1 Å². The molecule has 14 heteroatoms. The number of nitrogens with one attached hydrogen (secondary N) is 2. The van der Waals surface area contributed by atoms with E-state index in [0.29, 0.717) is 12.2 Å². The van der Waals surface area contributed by atoms with Gasteiger partial charge in [-0.2, -0.15) is 11.8 Å². The molecule has 0 spiro atoms. The zero-order valence-electron chi connectivity index (χ0n) is 42.6. The molecule has 12 nitrogen and oxygen atoms in total. The highest BCUT2D eigenvalue weighted by Crippen LogP contribution is 2.44. The van der Waals surface area contributed by atoms with Gasteiger partial charge >= 0.3 is 6.09 Å². The van der Waals surface area contributed by atoms with E-state index in [0.717, 1.165) is 60.3 Å². The minimum Gasteiger partial charge on any atom is -0.449 e. The zero-order valence-corrected chi connectivity index (χ0v) is 44.2. The molecule has 4 aromatic rings. The Morgan fingerprint density at radius 1 is 0.897 bits per heavy atom. The summed E-state index contributed by atoms with van der Waals surface area (Å²) in [5.41, 5.74) is 5.81. The number of thioether (sulfide) groups is 1. The Morgan fingerprint density at radius 2 is 1.51 bits per heavy atom. The molecule has 1 saturated heterocycles. The summed E-state index contributed by atoms with van der Waals surface area (Å²) >= 11 is 3.05. The predicted octanol–water partition coefficient (Wildman–Crippen LogP) is 10.4. The van der Waals surface area contributed by atoms with Gasteiger partial charge in [0.2, 0.25) is 18.2 Å². The number of ether oxygens (including phenoxy) is 3. The molecular formula is C54H79N5O7S2. The summed E-state index contributed by atoms with van der Waals surface area (Å²) in [4.78, 5) is 58.8. The van der Waals surface area contributed by atoms with Crippen molar-refractivity contribution in [2.75, 3.05) is 46.4 Å². The summed E-state index contributed by atoms with van der Waals surface area (Å²) in [7, 11) is 5.11. The van der Waals surface area contributed by atoms with Gasteiger partial charge in [0.15, 0.2) is 0 Å². The lowest BCUT2D eigenvalue weighted by Crippen LogP contribution is -2.56. The molecule has 0 bridgehead atoms. The van der Waals surface area contributed by atoms with Gasteiger partial charge in [-0.1, -0.05) is 141 Å². The Bertz CT molecular complexity index is 2030. The van der Waals surface area contributed by atoms with Gasteiger partial charge in [-0.3, -0.25) is 14.4 Å². The number of fused-ring (bicyclic) bond motifs is 3. The van der Waals surface area contributed by atoms with E-state index in [9.17, 15) is 19.2 Å². The number of alkyl carbamates (subject to hydrolysis) is 1. The molecule has 2 N–H and O–H groups in total. The molecule has 6 rings (SSSR count). The number of carbonyl (C=O) groups excluding carboxylic acids is 4. The first-order valence-corrected chi connectivity index (χ1v) is 26.7. The summed E-state index contributed by atoms with van der Waals surface area (Å²) in [5, 5.41) is 8.81. The first kappa shape index (κ1) is 57.6. The average molecular weight is 974 g/mol. The van der Waals surface area contributed by atoms with Crippen LogP contribution in [0.15, 0.2) is 90.4 Å². The molecule has 1 aliphatic carbocycles. The van der Waals surface area contributed by atoms with Crippen molar-refractivity contribution in [3.8, 4) is 11.1 Å². The summed E-state index contributed by atoms with van der Waals surface area (Å²) in [6.45, 7) is 17.1. The van der Waals surface area contributed by atoms with Crippen LogP contribution in [0.3, 0.4) is 0 Å². The molecular weight excluding hydrogens is 895 g/mol. The molecule has 7 unspecified atom stereocenters. The molecule has 4 amide bonds. The number of hydrogen-bond acceptors (Lipinski definition) is 10. The van der Waals surface area contributed by atoms with E-state index in [1.54, 1.807) is 30.2 Å². The van der Waals surface area contributed by atoms with E-state index in [4.69, 9.17) is 14.2 Å². The van der Waals surface area contributed by atoms with E-state index in [1.165, 1.54) is 34.2 Å². The van der Waals surface area contributed by atoms with E-state index in [-0.39, 0.29) is 66.5 Å². The molecule has 1 aromatic heterocycles. The topological polar surface area (TPSA) is 139 Å². The summed E-state index contributed by atoms with van der Waals surface area (Å²) in [6.07, 6.45) is 7.77. The maximum atomic E-state index is 13.5. The normalized spacial score (nSPS) is 16.7. The Morgan fingerprint density at radius 3 is 2.04 bits per heavy atom. The summed E-state index contributed by atoms with van der Waals surface area (Å²) in [5.74, 6) is 0.105. The summed E-state index contributed by atoms with van der Waals surface area (Å²) < 4.78 is 17.1. The Hall–Kier alpha value is -4.76. The molecule has 68 heavy (non-hydrogen) atoms. The second kappa shape index (κ2) is 30.7. The lowest BCUT2D eigenvalue weighted by molar-refractivity contribution is -0.138. The van der Waals surface area contributed by atoms with Crippen LogP contribution in [0.4, 0.5) is 4.79 Å². The van der Waals surface area contributed by atoms with Gasteiger partial charge in [0.25, 0.3) is 0 Å². The predicted molar refractivity (Wildman–Crippen MR) is 279 cm³/mol. The van der Waals surface area contributed by atoms with Crippen LogP contribution < -0.4 is 10.6 Å². The molecule has 1 fully saturated rings. The molecule has 0 radical (unpaired) electrons. The second-order valence-electron chi connectivity index (χ2n) is 16.6. The minimum absolute atomic E-state index is 0.0256. The zero-order chi connectivity index (χ0) is 50.2. The van der Waals surface area contributed by atoms with Crippen LogP contribution in [0.5, 0.6) is 0 Å². The third-order valence-electron chi connectivity index (χ3n) is 12.8. The Labute approximate surface area is 415 Å². The molecule has 8 atom stereocenters. The number of aromatic nitrogens is 1. The minimum atomic E-state index is -0.679. The van der Waals surface area contributed by atoms with Crippen molar-refractivity contribution in [3.05, 3.63) is 112 Å². The number of benzene rings is 3. The van der Waals surface area contributed by atoms with Crippen LogP contribution in [0.1, 0.15) is 115 Å². The largest absolute Gasteiger partial charge is 0.449 e. The molecule has 0 saturated carbocycles. The quantitative estimate of drug-likeness (QED) is 0.0781. The highest BCUT2D eigenvalue weighted by atomic mass is 32.2. The van der Waals surface area contributed by atoms with E-state index < -0.39 is 12.1 Å². The molecule has 2 heterocycles. The number of amides is 4. The molecule has 1 aliphatic heterocycles. The fraction of sp³-hybridized carbons (Fsp3) is 0.537. The SMILES string of the molecule is CC.CC.CCC(C)C(C(CC)OC)N(C)C(=O)[C@H](CSC)NC(=O)OCC1c2ccccc2-c2ccccc21.COC(C(C)C(=O)NC(Cc1ccccc1)c1nccs1)C1CCCN1C=O. The molecule has 374 valence electrons. The van der Waals surface area contributed by atoms with Crippen LogP contribution >= 0.6 is 23.1 Å². The van der Waals surface area contributed by atoms with Crippen molar-refractivity contribution >= 4 is 47.4 Å². The number of methoxy groups -OCH3 is 2. The maximum absolute atomic E-state index is 13.5. The van der Waals surface area contributed by atoms with Gasteiger partial charge in [-0.15, -0.1) is 11.3 Å². The van der Waals surface area contributed by atoms with Crippen molar-refractivity contribution in [3.63, 3.8) is 0 Å². The van der Waals surface area contributed by atoms with Crippen molar-refractivity contribution in [1.29, 1.82) is 0 Å². The van der Waals surface area contributed by atoms with Crippen LogP contribution in [0.2, 0.25) is 0 Å². The first-order chi connectivity index (χ1) is 33.0. The number of rotatable bonds is 21. The maximum Gasteiger partial charge on any atom is 0.407 e. The van der Waals surface area contributed by atoms with Crippen LogP contribution in [-0.4, -0.2) is 116 Å². The average Bonchev–Trinajstić information content (AvgIpc) is 4.17. The number of likely N-dealkylation sites (tertiary alicyclic amines) is 1. The van der Waals surface area contributed by atoms with Gasteiger partial charge < -0.3 is 34.6 Å². The smallest absolute Gasteiger partial charge is 0.407 e. The molecule has 2 aliphatic rings. The standard InChI is InChI=1S/C29H40N2O4S.C21H27N3O3S.2C2H6/c1-7-19(3)27(26(8-2)34-5)31(4)28(32)25(18-36-6)30-29(33)35-17-24-22-15-11-9-13-20(22)21-14-10-12-16-23(21)24;1-15(19(27-2)18-9-6-11-24(18)14-25)20(26)23-17(21-22-10-12-28-21)13-16-7-4-3-5-8-16;2*1-2/h9-16,19,24-27H,7-8,17-18H2,1-6H3,(H,30,33);3-5,7-8,10,12,14-15,17-19H,6,9,11,13H2,1-2H3,(H,23,26);2*1-2H3/t19?,25-,26?,27?;;;/m0.../s1. The van der Waals surface area contributed by atoms with Gasteiger partial charge in [0.1, 0.15) is 17.7 Å². The Kier molecular flexibility index (Phi) is 26.0. The highest BCUT2D eigenvalue weighted by Gasteiger charge is 2.39. The van der Waals surface area contributed by atoms with E-state index >= 15 is 0 Å².